The number of para-hydroxylation sites is 1. The Morgan fingerprint density at radius 3 is 2.62 bits per heavy atom. The number of alkyl halides is 3. The van der Waals surface area contributed by atoms with Gasteiger partial charge in [0.1, 0.15) is 11.3 Å². The summed E-state index contributed by atoms with van der Waals surface area (Å²) in [5.41, 5.74) is 1.51. The third-order valence-electron chi connectivity index (χ3n) is 4.38. The van der Waals surface area contributed by atoms with Crippen molar-refractivity contribution in [3.05, 3.63) is 83.7 Å². The third kappa shape index (κ3) is 3.96. The van der Waals surface area contributed by atoms with E-state index in [1.165, 1.54) is 12.1 Å². The first-order valence-corrected chi connectivity index (χ1v) is 8.76. The van der Waals surface area contributed by atoms with Crippen LogP contribution in [0.2, 0.25) is 0 Å². The van der Waals surface area contributed by atoms with Crippen LogP contribution in [-0.2, 0) is 12.7 Å². The van der Waals surface area contributed by atoms with Crippen LogP contribution in [0.4, 0.5) is 13.2 Å². The van der Waals surface area contributed by atoms with Crippen molar-refractivity contribution in [1.29, 1.82) is 0 Å². The molecule has 146 valence electrons. The van der Waals surface area contributed by atoms with E-state index < -0.39 is 11.7 Å². The van der Waals surface area contributed by atoms with Gasteiger partial charge in [0.25, 0.3) is 5.91 Å². The summed E-state index contributed by atoms with van der Waals surface area (Å²) in [5.74, 6) is -0.0839. The van der Waals surface area contributed by atoms with E-state index in [1.807, 2.05) is 6.07 Å². The molecule has 2 N–H and O–H groups in total. The Labute approximate surface area is 163 Å². The van der Waals surface area contributed by atoms with Crippen molar-refractivity contribution < 1.29 is 18.0 Å². The lowest BCUT2D eigenvalue weighted by molar-refractivity contribution is -0.137. The number of H-pyrrole nitrogens is 1. The number of pyridine rings is 1. The van der Waals surface area contributed by atoms with Crippen molar-refractivity contribution >= 4 is 16.9 Å². The lowest BCUT2D eigenvalue weighted by Crippen LogP contribution is -2.23. The van der Waals surface area contributed by atoms with Gasteiger partial charge >= 0.3 is 6.18 Å². The van der Waals surface area contributed by atoms with Crippen molar-refractivity contribution in [2.75, 3.05) is 0 Å². The Hall–Kier alpha value is -3.68. The average Bonchev–Trinajstić information content (AvgIpc) is 3.17. The Bertz CT molecular complexity index is 1170. The van der Waals surface area contributed by atoms with Crippen molar-refractivity contribution in [2.45, 2.75) is 12.7 Å². The van der Waals surface area contributed by atoms with Crippen LogP contribution in [0.5, 0.6) is 0 Å². The first kappa shape index (κ1) is 18.7. The van der Waals surface area contributed by atoms with Gasteiger partial charge in [0.15, 0.2) is 0 Å². The van der Waals surface area contributed by atoms with E-state index in [0.29, 0.717) is 22.3 Å². The zero-order valence-electron chi connectivity index (χ0n) is 15.0. The minimum atomic E-state index is -4.45. The van der Waals surface area contributed by atoms with Gasteiger partial charge in [-0.05, 0) is 36.4 Å². The first-order chi connectivity index (χ1) is 13.9. The van der Waals surface area contributed by atoms with E-state index >= 15 is 0 Å². The predicted octanol–water partition coefficient (Wildman–Crippen LogP) is 4.57. The minimum absolute atomic E-state index is 0.251. The number of amides is 1. The van der Waals surface area contributed by atoms with E-state index in [2.05, 4.69) is 20.3 Å². The second-order valence-electron chi connectivity index (χ2n) is 6.37. The number of fused-ring (bicyclic) bond motifs is 1. The largest absolute Gasteiger partial charge is 0.416 e. The molecular weight excluding hydrogens is 381 g/mol. The standard InChI is InChI=1S/C21H15F3N4O/c22-21(23,24)14-6-3-5-13(11-14)19-27-17-9-4-8-16(18(17)28-19)20(29)26-12-15-7-1-2-10-25-15/h1-11H,12H2,(H,26,29)(H,27,28). The highest BCUT2D eigenvalue weighted by Gasteiger charge is 2.30. The molecule has 2 aromatic carbocycles. The van der Waals surface area contributed by atoms with Crippen LogP contribution in [0.15, 0.2) is 66.9 Å². The lowest BCUT2D eigenvalue weighted by Gasteiger charge is -2.07. The molecule has 0 aliphatic heterocycles. The molecule has 0 fully saturated rings. The fraction of sp³-hybridized carbons (Fsp3) is 0.0952. The van der Waals surface area contributed by atoms with Gasteiger partial charge in [0.2, 0.25) is 0 Å². The second-order valence-corrected chi connectivity index (χ2v) is 6.37. The van der Waals surface area contributed by atoms with Crippen molar-refractivity contribution in [1.82, 2.24) is 20.3 Å². The summed E-state index contributed by atoms with van der Waals surface area (Å²) in [4.78, 5) is 24.1. The van der Waals surface area contributed by atoms with Crippen LogP contribution < -0.4 is 5.32 Å². The Balaban J connectivity index is 1.64. The maximum atomic E-state index is 13.0. The molecule has 0 radical (unpaired) electrons. The van der Waals surface area contributed by atoms with Crippen LogP contribution in [0.3, 0.4) is 0 Å². The Morgan fingerprint density at radius 2 is 1.86 bits per heavy atom. The van der Waals surface area contributed by atoms with E-state index in [0.717, 1.165) is 12.1 Å². The Morgan fingerprint density at radius 1 is 1.03 bits per heavy atom. The molecule has 2 aromatic heterocycles. The van der Waals surface area contributed by atoms with Crippen LogP contribution in [0.25, 0.3) is 22.4 Å². The van der Waals surface area contributed by atoms with Crippen molar-refractivity contribution in [3.63, 3.8) is 0 Å². The summed E-state index contributed by atoms with van der Waals surface area (Å²) >= 11 is 0. The monoisotopic (exact) mass is 396 g/mol. The molecule has 0 bridgehead atoms. The molecule has 0 aliphatic rings. The zero-order chi connectivity index (χ0) is 20.4. The van der Waals surface area contributed by atoms with Crippen molar-refractivity contribution in [3.8, 4) is 11.4 Å². The average molecular weight is 396 g/mol. The normalized spacial score (nSPS) is 11.6. The number of hydrogen-bond donors (Lipinski definition) is 2. The molecule has 1 amide bonds. The maximum absolute atomic E-state index is 13.0. The molecule has 5 nitrogen and oxygen atoms in total. The summed E-state index contributed by atoms with van der Waals surface area (Å²) in [6.07, 6.45) is -2.81. The number of aromatic nitrogens is 3. The van der Waals surface area contributed by atoms with Crippen LogP contribution in [0, 0.1) is 0 Å². The second kappa shape index (κ2) is 7.38. The predicted molar refractivity (Wildman–Crippen MR) is 102 cm³/mol. The smallest absolute Gasteiger partial charge is 0.346 e. The molecule has 0 saturated carbocycles. The summed E-state index contributed by atoms with van der Waals surface area (Å²) in [6.45, 7) is 0.251. The van der Waals surface area contributed by atoms with Gasteiger partial charge in [-0.1, -0.05) is 24.3 Å². The van der Waals surface area contributed by atoms with Crippen LogP contribution in [-0.4, -0.2) is 20.9 Å². The topological polar surface area (TPSA) is 70.7 Å². The highest BCUT2D eigenvalue weighted by Crippen LogP contribution is 2.32. The molecule has 0 unspecified atom stereocenters. The number of imidazole rings is 1. The number of aromatic amines is 1. The highest BCUT2D eigenvalue weighted by molar-refractivity contribution is 6.05. The van der Waals surface area contributed by atoms with E-state index in [-0.39, 0.29) is 23.8 Å². The third-order valence-corrected chi connectivity index (χ3v) is 4.38. The summed E-state index contributed by atoms with van der Waals surface area (Å²) in [5, 5.41) is 2.78. The molecule has 2 heterocycles. The van der Waals surface area contributed by atoms with Gasteiger partial charge < -0.3 is 10.3 Å². The van der Waals surface area contributed by atoms with Gasteiger partial charge in [0, 0.05) is 11.8 Å². The van der Waals surface area contributed by atoms with Gasteiger partial charge in [-0.15, -0.1) is 0 Å². The van der Waals surface area contributed by atoms with Gasteiger partial charge in [-0.2, -0.15) is 13.2 Å². The molecule has 0 saturated heterocycles. The first-order valence-electron chi connectivity index (χ1n) is 8.76. The van der Waals surface area contributed by atoms with Gasteiger partial charge in [0.05, 0.1) is 28.9 Å². The van der Waals surface area contributed by atoms with E-state index in [9.17, 15) is 18.0 Å². The SMILES string of the molecule is O=C(NCc1ccccn1)c1cccc2[nH]c(-c3cccc(C(F)(F)F)c3)nc12. The number of rotatable bonds is 4. The van der Waals surface area contributed by atoms with E-state index in [4.69, 9.17) is 0 Å². The highest BCUT2D eigenvalue weighted by atomic mass is 19.4. The molecule has 4 aromatic rings. The number of benzene rings is 2. The van der Waals surface area contributed by atoms with Gasteiger partial charge in [-0.25, -0.2) is 4.98 Å². The molecule has 0 aliphatic carbocycles. The van der Waals surface area contributed by atoms with Crippen LogP contribution in [0.1, 0.15) is 21.6 Å². The number of nitrogens with one attached hydrogen (secondary N) is 2. The summed E-state index contributed by atoms with van der Waals surface area (Å²) in [6, 6.07) is 15.3. The number of hydrogen-bond acceptors (Lipinski definition) is 3. The minimum Gasteiger partial charge on any atom is -0.346 e. The van der Waals surface area contributed by atoms with Gasteiger partial charge in [-0.3, -0.25) is 9.78 Å². The quantitative estimate of drug-likeness (QED) is 0.531. The number of carbonyl (C=O) groups is 1. The molecule has 0 spiro atoms. The fourth-order valence-corrected chi connectivity index (χ4v) is 2.96. The Kier molecular flexibility index (Phi) is 4.75. The number of halogens is 3. The molecule has 0 atom stereocenters. The van der Waals surface area contributed by atoms with Crippen molar-refractivity contribution in [2.24, 2.45) is 0 Å². The van der Waals surface area contributed by atoms with E-state index in [1.54, 1.807) is 36.5 Å². The molecule has 4 rings (SSSR count). The number of nitrogens with zero attached hydrogens (tertiary/aromatic N) is 2. The fourth-order valence-electron chi connectivity index (χ4n) is 2.96. The summed E-state index contributed by atoms with van der Waals surface area (Å²) in [7, 11) is 0. The molecule has 8 heteroatoms. The maximum Gasteiger partial charge on any atom is 0.416 e. The zero-order valence-corrected chi connectivity index (χ0v) is 15.0. The molecular formula is C21H15F3N4O. The lowest BCUT2D eigenvalue weighted by atomic mass is 10.1. The molecule has 29 heavy (non-hydrogen) atoms. The van der Waals surface area contributed by atoms with Crippen LogP contribution >= 0.6 is 0 Å². The summed E-state index contributed by atoms with van der Waals surface area (Å²) < 4.78 is 39.0. The number of carbonyl (C=O) groups excluding carboxylic acids is 1.